The molecular weight excluding hydrogens is 291 g/mol. The van der Waals surface area contributed by atoms with Crippen molar-refractivity contribution in [3.8, 4) is 0 Å². The number of amides is 1. The predicted octanol–water partition coefficient (Wildman–Crippen LogP) is 3.04. The summed E-state index contributed by atoms with van der Waals surface area (Å²) in [5.41, 5.74) is 0.949. The molecule has 16 heavy (non-hydrogen) atoms. The van der Waals surface area contributed by atoms with Crippen molar-refractivity contribution >= 4 is 39.1 Å². The van der Waals surface area contributed by atoms with E-state index in [9.17, 15) is 4.79 Å². The Balaban J connectivity index is 2.38. The second-order valence-electron chi connectivity index (χ2n) is 3.30. The van der Waals surface area contributed by atoms with Gasteiger partial charge in [-0.25, -0.2) is 0 Å². The van der Waals surface area contributed by atoms with Crippen molar-refractivity contribution in [2.75, 3.05) is 18.9 Å². The van der Waals surface area contributed by atoms with Crippen molar-refractivity contribution in [1.82, 2.24) is 5.32 Å². The maximum Gasteiger partial charge on any atom is 0.219 e. The van der Waals surface area contributed by atoms with Crippen LogP contribution in [0, 0.1) is 0 Å². The van der Waals surface area contributed by atoms with Crippen molar-refractivity contribution in [1.29, 1.82) is 0 Å². The van der Waals surface area contributed by atoms with Crippen LogP contribution in [0.15, 0.2) is 22.7 Å². The van der Waals surface area contributed by atoms with Gasteiger partial charge < -0.3 is 10.6 Å². The molecule has 0 aliphatic rings. The fourth-order valence-electron chi connectivity index (χ4n) is 1.24. The Morgan fingerprint density at radius 2 is 2.25 bits per heavy atom. The van der Waals surface area contributed by atoms with Gasteiger partial charge in [0, 0.05) is 25.7 Å². The summed E-state index contributed by atoms with van der Waals surface area (Å²) < 4.78 is 0.858. The highest BCUT2D eigenvalue weighted by molar-refractivity contribution is 9.10. The van der Waals surface area contributed by atoms with E-state index in [1.165, 1.54) is 0 Å². The zero-order valence-electron chi connectivity index (χ0n) is 9.02. The maximum atomic E-state index is 11.0. The molecule has 0 heterocycles. The number of hydrogen-bond donors (Lipinski definition) is 2. The second kappa shape index (κ2) is 6.76. The molecule has 0 atom stereocenters. The van der Waals surface area contributed by atoms with Crippen molar-refractivity contribution in [3.05, 3.63) is 27.7 Å². The van der Waals surface area contributed by atoms with Gasteiger partial charge in [-0.2, -0.15) is 0 Å². The third-order valence-corrected chi connectivity index (χ3v) is 3.52. The first-order valence-electron chi connectivity index (χ1n) is 5.03. The van der Waals surface area contributed by atoms with Gasteiger partial charge in [0.25, 0.3) is 0 Å². The van der Waals surface area contributed by atoms with Gasteiger partial charge >= 0.3 is 0 Å². The molecule has 0 radical (unpaired) electrons. The van der Waals surface area contributed by atoms with Crippen LogP contribution in [-0.4, -0.2) is 19.5 Å². The summed E-state index contributed by atoms with van der Waals surface area (Å²) >= 11 is 9.35. The normalized spacial score (nSPS) is 9.94. The first kappa shape index (κ1) is 13.3. The third-order valence-electron chi connectivity index (χ3n) is 2.13. The number of rotatable bonds is 5. The summed E-state index contributed by atoms with van der Waals surface area (Å²) in [4.78, 5) is 11.0. The van der Waals surface area contributed by atoms with E-state index in [0.29, 0.717) is 11.4 Å². The van der Waals surface area contributed by atoms with E-state index in [-0.39, 0.29) is 5.91 Å². The van der Waals surface area contributed by atoms with Crippen molar-refractivity contribution in [2.24, 2.45) is 0 Å². The molecule has 0 fully saturated rings. The second-order valence-corrected chi connectivity index (χ2v) is 4.51. The highest BCUT2D eigenvalue weighted by Crippen LogP contribution is 2.29. The lowest BCUT2D eigenvalue weighted by Gasteiger charge is -2.08. The average molecular weight is 306 g/mol. The first-order chi connectivity index (χ1) is 7.65. The number of carbonyl (C=O) groups excluding carboxylic acids is 1. The summed E-state index contributed by atoms with van der Waals surface area (Å²) in [5, 5.41) is 6.49. The molecule has 0 saturated carbocycles. The number of anilines is 1. The van der Waals surface area contributed by atoms with E-state index in [1.807, 2.05) is 18.2 Å². The zero-order valence-corrected chi connectivity index (χ0v) is 11.4. The molecular formula is C11H14BrClN2O. The van der Waals surface area contributed by atoms with E-state index in [4.69, 9.17) is 11.6 Å². The molecule has 0 saturated heterocycles. The Kier molecular flexibility index (Phi) is 5.63. The smallest absolute Gasteiger partial charge is 0.219 e. The lowest BCUT2D eigenvalue weighted by Crippen LogP contribution is -2.18. The molecule has 0 aromatic heterocycles. The summed E-state index contributed by atoms with van der Waals surface area (Å²) in [6, 6.07) is 5.64. The number of carbonyl (C=O) groups is 1. The van der Waals surface area contributed by atoms with Gasteiger partial charge in [0.2, 0.25) is 5.91 Å². The number of hydrogen-bond acceptors (Lipinski definition) is 2. The molecule has 88 valence electrons. The topological polar surface area (TPSA) is 41.1 Å². The molecule has 0 bridgehead atoms. The summed E-state index contributed by atoms with van der Waals surface area (Å²) in [7, 11) is 1.64. The van der Waals surface area contributed by atoms with Gasteiger partial charge in [0.05, 0.1) is 9.50 Å². The highest BCUT2D eigenvalue weighted by atomic mass is 79.9. The van der Waals surface area contributed by atoms with E-state index < -0.39 is 0 Å². The monoisotopic (exact) mass is 304 g/mol. The standard InChI is InChI=1S/C11H14BrClN2O/c1-14-10(16)6-3-7-15-9-5-2-4-8(13)11(9)12/h2,4-5,15H,3,6-7H2,1H3,(H,14,16). The van der Waals surface area contributed by atoms with Crippen LogP contribution in [-0.2, 0) is 4.79 Å². The molecule has 1 aromatic carbocycles. The Morgan fingerprint density at radius 1 is 1.50 bits per heavy atom. The molecule has 0 unspecified atom stereocenters. The van der Waals surface area contributed by atoms with Gasteiger partial charge in [-0.1, -0.05) is 17.7 Å². The van der Waals surface area contributed by atoms with Crippen LogP contribution >= 0.6 is 27.5 Å². The Morgan fingerprint density at radius 3 is 2.94 bits per heavy atom. The SMILES string of the molecule is CNC(=O)CCCNc1cccc(Cl)c1Br. The van der Waals surface area contributed by atoms with E-state index >= 15 is 0 Å². The van der Waals surface area contributed by atoms with Gasteiger partial charge in [0.15, 0.2) is 0 Å². The lowest BCUT2D eigenvalue weighted by atomic mass is 10.2. The molecule has 3 nitrogen and oxygen atoms in total. The van der Waals surface area contributed by atoms with Gasteiger partial charge in [-0.3, -0.25) is 4.79 Å². The fourth-order valence-corrected chi connectivity index (χ4v) is 1.82. The van der Waals surface area contributed by atoms with Crippen LogP contribution in [0.25, 0.3) is 0 Å². The van der Waals surface area contributed by atoms with Crippen LogP contribution in [0.4, 0.5) is 5.69 Å². The quantitative estimate of drug-likeness (QED) is 0.821. The molecule has 1 rings (SSSR count). The lowest BCUT2D eigenvalue weighted by molar-refractivity contribution is -0.120. The van der Waals surface area contributed by atoms with E-state index in [1.54, 1.807) is 7.05 Å². The number of nitrogens with one attached hydrogen (secondary N) is 2. The van der Waals surface area contributed by atoms with Gasteiger partial charge in [-0.05, 0) is 34.5 Å². The predicted molar refractivity (Wildman–Crippen MR) is 70.9 cm³/mol. The number of halogens is 2. The average Bonchev–Trinajstić information content (AvgIpc) is 2.29. The molecule has 5 heteroatoms. The largest absolute Gasteiger partial charge is 0.384 e. The minimum absolute atomic E-state index is 0.0620. The minimum atomic E-state index is 0.0620. The van der Waals surface area contributed by atoms with E-state index in [0.717, 1.165) is 23.1 Å². The van der Waals surface area contributed by atoms with Gasteiger partial charge in [0.1, 0.15) is 0 Å². The van der Waals surface area contributed by atoms with Crippen molar-refractivity contribution in [2.45, 2.75) is 12.8 Å². The highest BCUT2D eigenvalue weighted by Gasteiger charge is 2.03. The van der Waals surface area contributed by atoms with Crippen molar-refractivity contribution in [3.63, 3.8) is 0 Å². The molecule has 0 aliphatic heterocycles. The van der Waals surface area contributed by atoms with E-state index in [2.05, 4.69) is 26.6 Å². The molecule has 1 aromatic rings. The maximum absolute atomic E-state index is 11.0. The summed E-state index contributed by atoms with van der Waals surface area (Å²) in [6.07, 6.45) is 1.32. The molecule has 0 aliphatic carbocycles. The Bertz CT molecular complexity index is 371. The van der Waals surface area contributed by atoms with Crippen LogP contribution in [0.2, 0.25) is 5.02 Å². The molecule has 1 amide bonds. The number of benzene rings is 1. The zero-order chi connectivity index (χ0) is 12.0. The minimum Gasteiger partial charge on any atom is -0.384 e. The van der Waals surface area contributed by atoms with Crippen LogP contribution < -0.4 is 10.6 Å². The fraction of sp³-hybridized carbons (Fsp3) is 0.364. The van der Waals surface area contributed by atoms with Crippen LogP contribution in [0.1, 0.15) is 12.8 Å². The van der Waals surface area contributed by atoms with Gasteiger partial charge in [-0.15, -0.1) is 0 Å². The third kappa shape index (κ3) is 4.02. The van der Waals surface area contributed by atoms with Crippen LogP contribution in [0.5, 0.6) is 0 Å². The first-order valence-corrected chi connectivity index (χ1v) is 6.20. The molecule has 2 N–H and O–H groups in total. The Labute approximate surface area is 109 Å². The Hall–Kier alpha value is -0.740. The molecule has 0 spiro atoms. The summed E-state index contributed by atoms with van der Waals surface area (Å²) in [5.74, 6) is 0.0620. The van der Waals surface area contributed by atoms with Crippen molar-refractivity contribution < 1.29 is 4.79 Å². The summed E-state index contributed by atoms with van der Waals surface area (Å²) in [6.45, 7) is 0.742. The van der Waals surface area contributed by atoms with Crippen LogP contribution in [0.3, 0.4) is 0 Å².